The first-order valence-corrected chi connectivity index (χ1v) is 17.3. The highest BCUT2D eigenvalue weighted by Crippen LogP contribution is 2.55. The van der Waals surface area contributed by atoms with E-state index >= 15 is 0 Å². The summed E-state index contributed by atoms with van der Waals surface area (Å²) in [6.45, 7) is 12.1. The van der Waals surface area contributed by atoms with Crippen molar-refractivity contribution in [1.82, 2.24) is 4.90 Å². The lowest BCUT2D eigenvalue weighted by molar-refractivity contribution is -0.119. The van der Waals surface area contributed by atoms with E-state index < -0.39 is 5.92 Å². The smallest absolute Gasteiger partial charge is 0.162 e. The van der Waals surface area contributed by atoms with Crippen LogP contribution in [0.1, 0.15) is 82.9 Å². The lowest BCUT2D eigenvalue weighted by atomic mass is 9.63. The van der Waals surface area contributed by atoms with Crippen LogP contribution in [-0.4, -0.2) is 29.6 Å². The van der Waals surface area contributed by atoms with E-state index in [1.165, 1.54) is 5.56 Å². The van der Waals surface area contributed by atoms with Gasteiger partial charge in [-0.25, -0.2) is 0 Å². The van der Waals surface area contributed by atoms with E-state index in [0.717, 1.165) is 52.9 Å². The van der Waals surface area contributed by atoms with Gasteiger partial charge in [-0.2, -0.15) is 0 Å². The number of carbonyl (C=O) groups is 2. The molecule has 1 aliphatic heterocycles. The highest BCUT2D eigenvalue weighted by molar-refractivity contribution is 6.42. The van der Waals surface area contributed by atoms with Crippen molar-refractivity contribution in [2.45, 2.75) is 79.2 Å². The van der Waals surface area contributed by atoms with Crippen LogP contribution in [0.3, 0.4) is 0 Å². The third-order valence-electron chi connectivity index (χ3n) is 9.47. The van der Waals surface area contributed by atoms with Crippen molar-refractivity contribution < 1.29 is 19.1 Å². The van der Waals surface area contributed by atoms with Gasteiger partial charge in [0.05, 0.1) is 16.7 Å². The van der Waals surface area contributed by atoms with E-state index in [1.807, 2.05) is 37.3 Å². The van der Waals surface area contributed by atoms with Gasteiger partial charge in [0.1, 0.15) is 6.61 Å². The summed E-state index contributed by atoms with van der Waals surface area (Å²) < 4.78 is 12.3. The second kappa shape index (κ2) is 13.2. The molecule has 0 saturated heterocycles. The lowest BCUT2D eigenvalue weighted by Gasteiger charge is -2.49. The Morgan fingerprint density at radius 3 is 1.96 bits per heavy atom. The summed E-state index contributed by atoms with van der Waals surface area (Å²) in [4.78, 5) is 30.9. The van der Waals surface area contributed by atoms with Crippen molar-refractivity contribution >= 4 is 34.8 Å². The van der Waals surface area contributed by atoms with Crippen molar-refractivity contribution in [1.29, 1.82) is 0 Å². The number of benzene rings is 3. The number of hydrogen-bond acceptors (Lipinski definition) is 5. The predicted molar refractivity (Wildman–Crippen MR) is 188 cm³/mol. The lowest BCUT2D eigenvalue weighted by Crippen LogP contribution is -2.45. The molecule has 3 aromatic rings. The van der Waals surface area contributed by atoms with Crippen LogP contribution in [0.5, 0.6) is 11.5 Å². The molecular weight excluding hydrogens is 629 g/mol. The molecule has 1 heterocycles. The van der Waals surface area contributed by atoms with Crippen molar-refractivity contribution in [3.63, 3.8) is 0 Å². The molecule has 47 heavy (non-hydrogen) atoms. The number of allylic oxidation sites excluding steroid dienone is 4. The predicted octanol–water partition coefficient (Wildman–Crippen LogP) is 9.90. The number of nitrogens with zero attached hydrogens (tertiary/aromatic N) is 1. The number of ketones is 2. The molecule has 0 amide bonds. The zero-order chi connectivity index (χ0) is 33.5. The van der Waals surface area contributed by atoms with Crippen LogP contribution < -0.4 is 9.47 Å². The average molecular weight is 673 g/mol. The van der Waals surface area contributed by atoms with Crippen LogP contribution in [0.2, 0.25) is 10.0 Å². The molecule has 0 saturated carbocycles. The van der Waals surface area contributed by atoms with Crippen LogP contribution in [0.15, 0.2) is 89.3 Å². The molecule has 0 atom stereocenters. The van der Waals surface area contributed by atoms with Crippen molar-refractivity contribution in [2.24, 2.45) is 10.8 Å². The number of rotatable bonds is 9. The number of carbonyl (C=O) groups excluding carboxylic acids is 2. The number of halogens is 2. The fourth-order valence-electron chi connectivity index (χ4n) is 7.42. The molecule has 0 N–H and O–H groups in total. The molecule has 0 bridgehead atoms. The molecular formula is C40H43Cl2NO4. The Hall–Kier alpha value is -3.54. The second-order valence-corrected chi connectivity index (χ2v) is 15.4. The first kappa shape index (κ1) is 33.4. The van der Waals surface area contributed by atoms with Gasteiger partial charge in [-0.3, -0.25) is 9.59 Å². The molecule has 246 valence electrons. The largest absolute Gasteiger partial charge is 0.490 e. The van der Waals surface area contributed by atoms with Crippen LogP contribution in [0.4, 0.5) is 0 Å². The van der Waals surface area contributed by atoms with Gasteiger partial charge in [-0.05, 0) is 78.0 Å². The Labute approximate surface area is 288 Å². The van der Waals surface area contributed by atoms with E-state index in [2.05, 4.69) is 56.9 Å². The van der Waals surface area contributed by atoms with E-state index in [0.29, 0.717) is 47.5 Å². The monoisotopic (exact) mass is 671 g/mol. The van der Waals surface area contributed by atoms with Crippen LogP contribution in [0, 0.1) is 10.8 Å². The van der Waals surface area contributed by atoms with Gasteiger partial charge in [-0.1, -0.05) is 93.4 Å². The van der Waals surface area contributed by atoms with E-state index in [1.54, 1.807) is 12.1 Å². The Morgan fingerprint density at radius 1 is 0.723 bits per heavy atom. The maximum atomic E-state index is 14.3. The van der Waals surface area contributed by atoms with Gasteiger partial charge in [0.25, 0.3) is 0 Å². The Morgan fingerprint density at radius 2 is 1.36 bits per heavy atom. The molecule has 6 rings (SSSR count). The van der Waals surface area contributed by atoms with Gasteiger partial charge in [0, 0.05) is 47.8 Å². The summed E-state index contributed by atoms with van der Waals surface area (Å²) in [6.07, 6.45) is 3.25. The second-order valence-electron chi connectivity index (χ2n) is 14.6. The quantitative estimate of drug-likeness (QED) is 0.227. The van der Waals surface area contributed by atoms with Crippen LogP contribution >= 0.6 is 23.2 Å². The van der Waals surface area contributed by atoms with Gasteiger partial charge in [0.15, 0.2) is 23.1 Å². The molecule has 7 heteroatoms. The number of hydrogen-bond donors (Lipinski definition) is 0. The van der Waals surface area contributed by atoms with Gasteiger partial charge in [-0.15, -0.1) is 0 Å². The molecule has 0 aromatic heterocycles. The molecule has 2 aliphatic carbocycles. The maximum Gasteiger partial charge on any atom is 0.162 e. The molecule has 0 spiro atoms. The first-order valence-electron chi connectivity index (χ1n) is 16.5. The van der Waals surface area contributed by atoms with Crippen molar-refractivity contribution in [3.05, 3.63) is 116 Å². The molecule has 0 radical (unpaired) electrons. The standard InChI is InChI=1S/C40H43Cl2NO4/c1-6-46-35-19-27(13-15-34(35)47-24-26-12-14-28(41)29(42)18-26)36-37-30(20-39(2,3)22-32(37)44)43(17-16-25-10-8-7-9-11-25)31-21-40(4,5)23-33(45)38(31)36/h7-15,18-19,36H,6,16-17,20-24H2,1-5H3. The zero-order valence-corrected chi connectivity index (χ0v) is 29.4. The maximum absolute atomic E-state index is 14.3. The summed E-state index contributed by atoms with van der Waals surface area (Å²) in [6, 6.07) is 21.7. The summed E-state index contributed by atoms with van der Waals surface area (Å²) in [5.41, 5.74) is 6.27. The van der Waals surface area contributed by atoms with Crippen LogP contribution in [0.25, 0.3) is 0 Å². The minimum Gasteiger partial charge on any atom is -0.490 e. The molecule has 3 aliphatic rings. The topological polar surface area (TPSA) is 55.8 Å². The Kier molecular flexibility index (Phi) is 9.34. The Balaban J connectivity index is 1.45. The summed E-state index contributed by atoms with van der Waals surface area (Å²) in [7, 11) is 0. The van der Waals surface area contributed by atoms with E-state index in [-0.39, 0.29) is 29.0 Å². The van der Waals surface area contributed by atoms with Gasteiger partial charge < -0.3 is 14.4 Å². The van der Waals surface area contributed by atoms with Crippen LogP contribution in [-0.2, 0) is 22.6 Å². The fourth-order valence-corrected chi connectivity index (χ4v) is 7.74. The normalized spacial score (nSPS) is 19.1. The third kappa shape index (κ3) is 7.03. The number of ether oxygens (including phenoxy) is 2. The highest BCUT2D eigenvalue weighted by Gasteiger charge is 2.49. The third-order valence-corrected chi connectivity index (χ3v) is 10.2. The van der Waals surface area contributed by atoms with Crippen molar-refractivity contribution in [3.8, 4) is 11.5 Å². The molecule has 0 unspecified atom stereocenters. The van der Waals surface area contributed by atoms with E-state index in [9.17, 15) is 9.59 Å². The molecule has 3 aromatic carbocycles. The summed E-state index contributed by atoms with van der Waals surface area (Å²) in [5, 5.41) is 0.960. The molecule has 5 nitrogen and oxygen atoms in total. The minimum atomic E-state index is -0.455. The van der Waals surface area contributed by atoms with Crippen molar-refractivity contribution in [2.75, 3.05) is 13.2 Å². The SMILES string of the molecule is CCOc1cc(C2C3=C(CC(C)(C)CC3=O)N(CCc3ccccc3)C3=C2C(=O)CC(C)(C)C3)ccc1OCc1ccc(Cl)c(Cl)c1. The van der Waals surface area contributed by atoms with Gasteiger partial charge >= 0.3 is 0 Å². The van der Waals surface area contributed by atoms with Gasteiger partial charge in [0.2, 0.25) is 0 Å². The Bertz CT molecular complexity index is 1720. The highest BCUT2D eigenvalue weighted by atomic mass is 35.5. The fraction of sp³-hybridized carbons (Fsp3) is 0.400. The summed E-state index contributed by atoms with van der Waals surface area (Å²) in [5.74, 6) is 0.940. The van der Waals surface area contributed by atoms with E-state index in [4.69, 9.17) is 32.7 Å². The summed E-state index contributed by atoms with van der Waals surface area (Å²) >= 11 is 12.3. The number of Topliss-reactive ketones (excluding diaryl/α,β-unsaturated/α-hetero) is 2. The first-order chi connectivity index (χ1) is 22.4. The average Bonchev–Trinajstić information content (AvgIpc) is 3.00. The minimum absolute atomic E-state index is 0.119. The molecule has 0 fully saturated rings. The zero-order valence-electron chi connectivity index (χ0n) is 27.9.